The van der Waals surface area contributed by atoms with Crippen molar-refractivity contribution in [2.75, 3.05) is 0 Å². The van der Waals surface area contributed by atoms with Crippen molar-refractivity contribution < 1.29 is 34.5 Å². The van der Waals surface area contributed by atoms with Crippen LogP contribution in [0.25, 0.3) is 0 Å². The molecule has 6 unspecified atom stereocenters. The van der Waals surface area contributed by atoms with E-state index in [2.05, 4.69) is 16.0 Å². The average molecular weight is 433 g/mol. The summed E-state index contributed by atoms with van der Waals surface area (Å²) in [5, 5.41) is 35.7. The standard InChI is InChI=1S/C19H36N4O7/c1-8(2)7-12(16(26)23-15(11(6)25)19(29)30)21-18(28)14(10(5)24)22-17(27)13(20)9(3)4/h8-15,24-25H,7,20H2,1-6H3,(H,21,28)(H,22,27)(H,23,26)(H,29,30). The third kappa shape index (κ3) is 9.06. The first-order valence-electron chi connectivity index (χ1n) is 9.94. The molecule has 0 saturated carbocycles. The van der Waals surface area contributed by atoms with Crippen LogP contribution >= 0.6 is 0 Å². The number of hydrogen-bond donors (Lipinski definition) is 7. The van der Waals surface area contributed by atoms with Gasteiger partial charge in [-0.1, -0.05) is 27.7 Å². The van der Waals surface area contributed by atoms with Crippen LogP contribution in [0.2, 0.25) is 0 Å². The first-order valence-corrected chi connectivity index (χ1v) is 9.94. The van der Waals surface area contributed by atoms with E-state index in [1.54, 1.807) is 27.7 Å². The summed E-state index contributed by atoms with van der Waals surface area (Å²) in [6, 6.07) is -4.96. The molecule has 11 heteroatoms. The number of carboxylic acids is 1. The molecule has 0 aromatic heterocycles. The predicted octanol–water partition coefficient (Wildman–Crippen LogP) is -1.68. The number of aliphatic hydroxyl groups excluding tert-OH is 2. The molecule has 6 atom stereocenters. The molecule has 0 saturated heterocycles. The minimum absolute atomic E-state index is 0.0511. The molecule has 0 radical (unpaired) electrons. The summed E-state index contributed by atoms with van der Waals surface area (Å²) in [6.45, 7) is 9.57. The summed E-state index contributed by atoms with van der Waals surface area (Å²) in [7, 11) is 0. The number of carbonyl (C=O) groups excluding carboxylic acids is 3. The summed E-state index contributed by atoms with van der Waals surface area (Å²) < 4.78 is 0. The molecule has 0 aliphatic rings. The molecule has 0 aromatic carbocycles. The van der Waals surface area contributed by atoms with Gasteiger partial charge in [0.25, 0.3) is 0 Å². The molecule has 3 amide bonds. The lowest BCUT2D eigenvalue weighted by molar-refractivity contribution is -0.145. The van der Waals surface area contributed by atoms with Crippen LogP contribution in [0.3, 0.4) is 0 Å². The molecule has 8 N–H and O–H groups in total. The minimum atomic E-state index is -1.56. The van der Waals surface area contributed by atoms with Crippen LogP contribution in [-0.4, -0.2) is 75.4 Å². The Morgan fingerprint density at radius 1 is 0.767 bits per heavy atom. The van der Waals surface area contributed by atoms with Gasteiger partial charge in [0.05, 0.1) is 18.2 Å². The summed E-state index contributed by atoms with van der Waals surface area (Å²) in [4.78, 5) is 48.7. The van der Waals surface area contributed by atoms with E-state index in [4.69, 9.17) is 10.8 Å². The summed E-state index contributed by atoms with van der Waals surface area (Å²) >= 11 is 0. The van der Waals surface area contributed by atoms with E-state index < -0.39 is 60.1 Å². The molecule has 0 fully saturated rings. The fourth-order valence-corrected chi connectivity index (χ4v) is 2.56. The summed E-state index contributed by atoms with van der Waals surface area (Å²) in [5.74, 6) is -3.93. The zero-order valence-electron chi connectivity index (χ0n) is 18.4. The van der Waals surface area contributed by atoms with Crippen molar-refractivity contribution in [1.82, 2.24) is 16.0 Å². The molecule has 0 aromatic rings. The van der Waals surface area contributed by atoms with Crippen molar-refractivity contribution in [2.45, 2.75) is 84.3 Å². The van der Waals surface area contributed by atoms with Crippen molar-refractivity contribution >= 4 is 23.7 Å². The van der Waals surface area contributed by atoms with Gasteiger partial charge in [-0.2, -0.15) is 0 Å². The van der Waals surface area contributed by atoms with Crippen LogP contribution in [0.15, 0.2) is 0 Å². The van der Waals surface area contributed by atoms with E-state index >= 15 is 0 Å². The highest BCUT2D eigenvalue weighted by atomic mass is 16.4. The van der Waals surface area contributed by atoms with E-state index in [0.29, 0.717) is 0 Å². The Bertz CT molecular complexity index is 608. The molecular weight excluding hydrogens is 396 g/mol. The molecule has 11 nitrogen and oxygen atoms in total. The van der Waals surface area contributed by atoms with Gasteiger partial charge in [0.1, 0.15) is 12.1 Å². The maximum atomic E-state index is 12.7. The van der Waals surface area contributed by atoms with Gasteiger partial charge in [0.15, 0.2) is 6.04 Å². The van der Waals surface area contributed by atoms with E-state index in [-0.39, 0.29) is 18.3 Å². The number of carboxylic acid groups (broad SMARTS) is 1. The Kier molecular flexibility index (Phi) is 11.5. The van der Waals surface area contributed by atoms with Crippen molar-refractivity contribution in [3.63, 3.8) is 0 Å². The minimum Gasteiger partial charge on any atom is -0.480 e. The molecule has 0 bridgehead atoms. The number of aliphatic carboxylic acids is 1. The third-order valence-corrected chi connectivity index (χ3v) is 4.47. The maximum Gasteiger partial charge on any atom is 0.328 e. The largest absolute Gasteiger partial charge is 0.480 e. The number of aliphatic hydroxyl groups is 2. The lowest BCUT2D eigenvalue weighted by Crippen LogP contribution is -2.60. The Labute approximate surface area is 176 Å². The number of carbonyl (C=O) groups is 4. The van der Waals surface area contributed by atoms with Gasteiger partial charge in [0, 0.05) is 0 Å². The molecular formula is C19H36N4O7. The Balaban J connectivity index is 5.45. The van der Waals surface area contributed by atoms with Crippen molar-refractivity contribution in [2.24, 2.45) is 17.6 Å². The highest BCUT2D eigenvalue weighted by Gasteiger charge is 2.33. The topological polar surface area (TPSA) is 191 Å². The van der Waals surface area contributed by atoms with Crippen molar-refractivity contribution in [1.29, 1.82) is 0 Å². The first kappa shape index (κ1) is 27.8. The smallest absolute Gasteiger partial charge is 0.328 e. The molecule has 0 heterocycles. The second-order valence-corrected chi connectivity index (χ2v) is 8.25. The highest BCUT2D eigenvalue weighted by Crippen LogP contribution is 2.08. The van der Waals surface area contributed by atoms with Gasteiger partial charge in [0.2, 0.25) is 17.7 Å². The van der Waals surface area contributed by atoms with Gasteiger partial charge in [-0.05, 0) is 32.1 Å². The van der Waals surface area contributed by atoms with Gasteiger partial charge >= 0.3 is 5.97 Å². The number of nitrogens with one attached hydrogen (secondary N) is 3. The number of rotatable bonds is 12. The van der Waals surface area contributed by atoms with Gasteiger partial charge in [-0.3, -0.25) is 14.4 Å². The van der Waals surface area contributed by atoms with Crippen molar-refractivity contribution in [3.05, 3.63) is 0 Å². The van der Waals surface area contributed by atoms with E-state index in [1.165, 1.54) is 13.8 Å². The van der Waals surface area contributed by atoms with Crippen LogP contribution in [0.4, 0.5) is 0 Å². The summed E-state index contributed by atoms with van der Waals surface area (Å²) in [5.41, 5.74) is 5.77. The highest BCUT2D eigenvalue weighted by molar-refractivity contribution is 5.94. The lowest BCUT2D eigenvalue weighted by Gasteiger charge is -2.28. The molecule has 0 rings (SSSR count). The Morgan fingerprint density at radius 3 is 1.60 bits per heavy atom. The molecule has 0 spiro atoms. The quantitative estimate of drug-likeness (QED) is 0.190. The predicted molar refractivity (Wildman–Crippen MR) is 109 cm³/mol. The lowest BCUT2D eigenvalue weighted by atomic mass is 10.0. The third-order valence-electron chi connectivity index (χ3n) is 4.47. The van der Waals surface area contributed by atoms with Gasteiger partial charge in [-0.25, -0.2) is 4.79 Å². The monoisotopic (exact) mass is 432 g/mol. The zero-order valence-corrected chi connectivity index (χ0v) is 18.4. The second kappa shape index (κ2) is 12.5. The van der Waals surface area contributed by atoms with E-state index in [9.17, 15) is 29.4 Å². The SMILES string of the molecule is CC(C)CC(NC(=O)C(NC(=O)C(N)C(C)C)C(C)O)C(=O)NC(C(=O)O)C(C)O. The van der Waals surface area contributed by atoms with Gasteiger partial charge < -0.3 is 37.0 Å². The normalized spacial score (nSPS) is 17.4. The molecule has 0 aliphatic carbocycles. The fraction of sp³-hybridized carbons (Fsp3) is 0.789. The van der Waals surface area contributed by atoms with Crippen LogP contribution in [0.1, 0.15) is 48.0 Å². The molecule has 174 valence electrons. The van der Waals surface area contributed by atoms with Gasteiger partial charge in [-0.15, -0.1) is 0 Å². The second-order valence-electron chi connectivity index (χ2n) is 8.25. The van der Waals surface area contributed by atoms with Crippen LogP contribution in [0.5, 0.6) is 0 Å². The Hall–Kier alpha value is -2.24. The fourth-order valence-electron chi connectivity index (χ4n) is 2.56. The molecule has 0 aliphatic heterocycles. The number of hydrogen-bond acceptors (Lipinski definition) is 7. The van der Waals surface area contributed by atoms with E-state index in [0.717, 1.165) is 0 Å². The van der Waals surface area contributed by atoms with Crippen LogP contribution in [-0.2, 0) is 19.2 Å². The molecule has 30 heavy (non-hydrogen) atoms. The first-order chi connectivity index (χ1) is 13.7. The average Bonchev–Trinajstić information content (AvgIpc) is 2.60. The Morgan fingerprint density at radius 2 is 1.23 bits per heavy atom. The maximum absolute atomic E-state index is 12.7. The van der Waals surface area contributed by atoms with Crippen LogP contribution < -0.4 is 21.7 Å². The summed E-state index contributed by atoms with van der Waals surface area (Å²) in [6.07, 6.45) is -2.47. The zero-order chi connectivity index (χ0) is 23.8. The number of nitrogens with two attached hydrogens (primary N) is 1. The number of amides is 3. The van der Waals surface area contributed by atoms with Crippen molar-refractivity contribution in [3.8, 4) is 0 Å². The van der Waals surface area contributed by atoms with Crippen LogP contribution in [0, 0.1) is 11.8 Å². The van der Waals surface area contributed by atoms with E-state index in [1.807, 2.05) is 0 Å².